The molecule has 0 aromatic heterocycles. The van der Waals surface area contributed by atoms with Crippen LogP contribution in [0.3, 0.4) is 0 Å². The summed E-state index contributed by atoms with van der Waals surface area (Å²) in [6.45, 7) is 10.4. The van der Waals surface area contributed by atoms with Crippen LogP contribution in [0, 0.1) is 0 Å². The molecule has 2 aromatic rings. The lowest BCUT2D eigenvalue weighted by atomic mass is 9.87. The van der Waals surface area contributed by atoms with Gasteiger partial charge in [0.2, 0.25) is 0 Å². The maximum atomic E-state index is 12.5. The van der Waals surface area contributed by atoms with Gasteiger partial charge < -0.3 is 21.1 Å². The number of phenols is 1. The monoisotopic (exact) mass is 383 g/mol. The van der Waals surface area contributed by atoms with Gasteiger partial charge in [-0.15, -0.1) is 0 Å². The van der Waals surface area contributed by atoms with Gasteiger partial charge in [-0.3, -0.25) is 4.79 Å². The van der Waals surface area contributed by atoms with Gasteiger partial charge in [0.25, 0.3) is 5.91 Å². The van der Waals surface area contributed by atoms with E-state index in [0.29, 0.717) is 17.8 Å². The molecule has 0 unspecified atom stereocenters. The predicted molar refractivity (Wildman–Crippen MR) is 112 cm³/mol. The third kappa shape index (κ3) is 6.01. The number of aromatic hydroxyl groups is 1. The number of carbonyl (C=O) groups is 2. The van der Waals surface area contributed by atoms with Gasteiger partial charge >= 0.3 is 6.03 Å². The van der Waals surface area contributed by atoms with E-state index < -0.39 is 0 Å². The normalized spacial score (nSPS) is 11.2. The van der Waals surface area contributed by atoms with Crippen molar-refractivity contribution in [3.63, 3.8) is 0 Å². The predicted octanol–water partition coefficient (Wildman–Crippen LogP) is 4.15. The van der Waals surface area contributed by atoms with E-state index in [2.05, 4.69) is 36.7 Å². The average molecular weight is 383 g/mol. The van der Waals surface area contributed by atoms with E-state index in [9.17, 15) is 14.7 Å². The van der Waals surface area contributed by atoms with Crippen LogP contribution in [0.25, 0.3) is 0 Å². The maximum Gasteiger partial charge on any atom is 0.315 e. The summed E-state index contributed by atoms with van der Waals surface area (Å²) >= 11 is 0. The van der Waals surface area contributed by atoms with Crippen molar-refractivity contribution in [2.45, 2.75) is 52.6 Å². The second-order valence-corrected chi connectivity index (χ2v) is 8.11. The first-order valence-electron chi connectivity index (χ1n) is 9.34. The van der Waals surface area contributed by atoms with Crippen molar-refractivity contribution in [2.75, 3.05) is 5.32 Å². The molecule has 2 rings (SSSR count). The first kappa shape index (κ1) is 21.3. The number of hydrogen-bond donors (Lipinski definition) is 4. The molecule has 6 nitrogen and oxygen atoms in total. The van der Waals surface area contributed by atoms with Crippen LogP contribution in [0.5, 0.6) is 5.75 Å². The molecule has 2 aromatic carbocycles. The van der Waals surface area contributed by atoms with Crippen molar-refractivity contribution in [2.24, 2.45) is 0 Å². The number of anilines is 1. The van der Waals surface area contributed by atoms with E-state index in [1.807, 2.05) is 19.9 Å². The Bertz CT molecular complexity index is 837. The zero-order valence-corrected chi connectivity index (χ0v) is 17.1. The minimum absolute atomic E-state index is 0.0262. The molecule has 150 valence electrons. The lowest BCUT2D eigenvalue weighted by molar-refractivity contribution is 0.102. The molecule has 0 bridgehead atoms. The maximum absolute atomic E-state index is 12.5. The Labute approximate surface area is 166 Å². The highest BCUT2D eigenvalue weighted by Crippen LogP contribution is 2.31. The number of rotatable bonds is 5. The third-order valence-electron chi connectivity index (χ3n) is 4.20. The summed E-state index contributed by atoms with van der Waals surface area (Å²) in [5.74, 6) is -0.281. The van der Waals surface area contributed by atoms with Crippen molar-refractivity contribution in [3.8, 4) is 5.75 Å². The van der Waals surface area contributed by atoms with Crippen LogP contribution in [0.1, 0.15) is 56.1 Å². The van der Waals surface area contributed by atoms with Gasteiger partial charge in [-0.05, 0) is 54.7 Å². The highest BCUT2D eigenvalue weighted by atomic mass is 16.3. The van der Waals surface area contributed by atoms with E-state index >= 15 is 0 Å². The molecule has 0 atom stereocenters. The molecular weight excluding hydrogens is 354 g/mol. The average Bonchev–Trinajstić information content (AvgIpc) is 2.60. The van der Waals surface area contributed by atoms with Crippen LogP contribution >= 0.6 is 0 Å². The Kier molecular flexibility index (Phi) is 6.67. The van der Waals surface area contributed by atoms with Gasteiger partial charge in [-0.25, -0.2) is 4.79 Å². The number of amides is 3. The quantitative estimate of drug-likeness (QED) is 0.585. The summed E-state index contributed by atoms with van der Waals surface area (Å²) in [6.07, 6.45) is 0. The fourth-order valence-electron chi connectivity index (χ4n) is 2.57. The van der Waals surface area contributed by atoms with Crippen LogP contribution in [-0.2, 0) is 12.0 Å². The van der Waals surface area contributed by atoms with Crippen molar-refractivity contribution in [1.82, 2.24) is 10.6 Å². The van der Waals surface area contributed by atoms with Gasteiger partial charge in [-0.1, -0.05) is 39.0 Å². The summed E-state index contributed by atoms with van der Waals surface area (Å²) in [4.78, 5) is 24.1. The standard InChI is InChI=1S/C22H29N3O3/c1-14(2)24-21(28)23-13-15-6-8-16(9-7-15)20(27)25-18-12-17(22(3,4)5)10-11-19(18)26/h6-12,14,26H,13H2,1-5H3,(H,25,27)(H2,23,24,28). The van der Waals surface area contributed by atoms with Gasteiger partial charge in [0.1, 0.15) is 5.75 Å². The number of urea groups is 1. The minimum Gasteiger partial charge on any atom is -0.506 e. The Morgan fingerprint density at radius 3 is 2.25 bits per heavy atom. The zero-order chi connectivity index (χ0) is 20.9. The number of carbonyl (C=O) groups excluding carboxylic acids is 2. The van der Waals surface area contributed by atoms with E-state index in [0.717, 1.165) is 11.1 Å². The fourth-order valence-corrected chi connectivity index (χ4v) is 2.57. The van der Waals surface area contributed by atoms with Gasteiger partial charge in [0.05, 0.1) is 5.69 Å². The molecule has 4 N–H and O–H groups in total. The van der Waals surface area contributed by atoms with Gasteiger partial charge in [-0.2, -0.15) is 0 Å². The molecule has 6 heteroatoms. The van der Waals surface area contributed by atoms with E-state index in [1.165, 1.54) is 0 Å². The van der Waals surface area contributed by atoms with Crippen LogP contribution in [0.2, 0.25) is 0 Å². The highest BCUT2D eigenvalue weighted by Gasteiger charge is 2.17. The Hall–Kier alpha value is -3.02. The Morgan fingerprint density at radius 1 is 1.04 bits per heavy atom. The summed E-state index contributed by atoms with van der Waals surface area (Å²) in [5, 5.41) is 18.3. The lowest BCUT2D eigenvalue weighted by Crippen LogP contribution is -2.39. The van der Waals surface area contributed by atoms with Gasteiger partial charge in [0, 0.05) is 18.2 Å². The molecule has 0 aliphatic rings. The van der Waals surface area contributed by atoms with E-state index in [1.54, 1.807) is 36.4 Å². The second kappa shape index (κ2) is 8.78. The summed E-state index contributed by atoms with van der Waals surface area (Å²) in [6, 6.07) is 12.0. The molecule has 0 aliphatic carbocycles. The second-order valence-electron chi connectivity index (χ2n) is 8.11. The topological polar surface area (TPSA) is 90.5 Å². The van der Waals surface area contributed by atoms with Crippen molar-refractivity contribution < 1.29 is 14.7 Å². The molecule has 0 spiro atoms. The number of benzene rings is 2. The molecule has 0 heterocycles. The molecule has 0 saturated heterocycles. The van der Waals surface area contributed by atoms with Gasteiger partial charge in [0.15, 0.2) is 0 Å². The smallest absolute Gasteiger partial charge is 0.315 e. The summed E-state index contributed by atoms with van der Waals surface area (Å²) < 4.78 is 0. The molecule has 0 fully saturated rings. The SMILES string of the molecule is CC(C)NC(=O)NCc1ccc(C(=O)Nc2cc(C(C)(C)C)ccc2O)cc1. The molecule has 0 aliphatic heterocycles. The van der Waals surface area contributed by atoms with Crippen molar-refractivity contribution in [3.05, 3.63) is 59.2 Å². The first-order valence-corrected chi connectivity index (χ1v) is 9.34. The molecule has 0 saturated carbocycles. The number of hydrogen-bond acceptors (Lipinski definition) is 3. The molecule has 28 heavy (non-hydrogen) atoms. The van der Waals surface area contributed by atoms with Crippen molar-refractivity contribution in [1.29, 1.82) is 0 Å². The van der Waals surface area contributed by atoms with E-state index in [4.69, 9.17) is 0 Å². The Morgan fingerprint density at radius 2 is 1.68 bits per heavy atom. The fraction of sp³-hybridized carbons (Fsp3) is 0.364. The molecule has 3 amide bonds. The number of phenolic OH excluding ortho intramolecular Hbond substituents is 1. The van der Waals surface area contributed by atoms with Crippen molar-refractivity contribution >= 4 is 17.6 Å². The van der Waals surface area contributed by atoms with Crippen LogP contribution < -0.4 is 16.0 Å². The largest absolute Gasteiger partial charge is 0.506 e. The van der Waals surface area contributed by atoms with Crippen LogP contribution in [0.15, 0.2) is 42.5 Å². The minimum atomic E-state index is -0.307. The first-order chi connectivity index (χ1) is 13.1. The molecular formula is C22H29N3O3. The summed E-state index contributed by atoms with van der Waals surface area (Å²) in [5.41, 5.74) is 2.66. The van der Waals surface area contributed by atoms with Crippen LogP contribution in [-0.4, -0.2) is 23.1 Å². The van der Waals surface area contributed by atoms with Crippen LogP contribution in [0.4, 0.5) is 10.5 Å². The lowest BCUT2D eigenvalue weighted by Gasteiger charge is -2.20. The Balaban J connectivity index is 2.03. The zero-order valence-electron chi connectivity index (χ0n) is 17.1. The number of nitrogens with one attached hydrogen (secondary N) is 3. The summed E-state index contributed by atoms with van der Waals surface area (Å²) in [7, 11) is 0. The highest BCUT2D eigenvalue weighted by molar-refractivity contribution is 6.05. The third-order valence-corrected chi connectivity index (χ3v) is 4.20. The van der Waals surface area contributed by atoms with E-state index in [-0.39, 0.29) is 29.1 Å². The molecule has 0 radical (unpaired) electrons.